The molecule has 0 spiro atoms. The van der Waals surface area contributed by atoms with Crippen LogP contribution in [0.2, 0.25) is 0 Å². The lowest BCUT2D eigenvalue weighted by atomic mass is 9.83. The fraction of sp³-hybridized carbons (Fsp3) is 0.857. The van der Waals surface area contributed by atoms with E-state index in [0.717, 1.165) is 6.42 Å². The van der Waals surface area contributed by atoms with E-state index in [2.05, 4.69) is 13.8 Å². The molecule has 1 rings (SSSR count). The van der Waals surface area contributed by atoms with Crippen LogP contribution in [0.3, 0.4) is 0 Å². The lowest BCUT2D eigenvalue weighted by Crippen LogP contribution is -2.52. The van der Waals surface area contributed by atoms with Gasteiger partial charge in [-0.15, -0.1) is 0 Å². The number of carboxylic acid groups (broad SMARTS) is 1. The van der Waals surface area contributed by atoms with Gasteiger partial charge in [0.1, 0.15) is 11.6 Å². The second-order valence-electron chi connectivity index (χ2n) is 6.56. The van der Waals surface area contributed by atoms with Crippen LogP contribution in [-0.2, 0) is 9.53 Å². The lowest BCUT2D eigenvalue weighted by Gasteiger charge is -2.39. The Morgan fingerprint density at radius 1 is 1.32 bits per heavy atom. The number of carbonyl (C=O) groups excluding carboxylic acids is 1. The molecule has 0 bridgehead atoms. The maximum atomic E-state index is 12.0. The summed E-state index contributed by atoms with van der Waals surface area (Å²) in [5.41, 5.74) is -0.602. The van der Waals surface area contributed by atoms with Gasteiger partial charge in [0, 0.05) is 6.54 Å². The molecule has 19 heavy (non-hydrogen) atoms. The third-order valence-corrected chi connectivity index (χ3v) is 3.50. The van der Waals surface area contributed by atoms with E-state index >= 15 is 0 Å². The van der Waals surface area contributed by atoms with Crippen LogP contribution in [0.4, 0.5) is 4.79 Å². The zero-order valence-electron chi connectivity index (χ0n) is 12.5. The number of nitrogens with zero attached hydrogens (tertiary/aromatic N) is 1. The van der Waals surface area contributed by atoms with Crippen LogP contribution in [0.25, 0.3) is 0 Å². The van der Waals surface area contributed by atoms with Crippen LogP contribution < -0.4 is 0 Å². The Hall–Kier alpha value is -1.26. The second kappa shape index (κ2) is 5.80. The third kappa shape index (κ3) is 4.40. The summed E-state index contributed by atoms with van der Waals surface area (Å²) >= 11 is 0. The Morgan fingerprint density at radius 3 is 2.32 bits per heavy atom. The van der Waals surface area contributed by atoms with Gasteiger partial charge in [-0.3, -0.25) is 4.90 Å². The molecule has 0 aliphatic carbocycles. The van der Waals surface area contributed by atoms with E-state index in [0.29, 0.717) is 24.8 Å². The van der Waals surface area contributed by atoms with Gasteiger partial charge in [0.2, 0.25) is 0 Å². The summed E-state index contributed by atoms with van der Waals surface area (Å²) < 4.78 is 5.28. The fourth-order valence-corrected chi connectivity index (χ4v) is 2.37. The lowest BCUT2D eigenvalue weighted by molar-refractivity contribution is -0.145. The van der Waals surface area contributed by atoms with E-state index < -0.39 is 23.7 Å². The number of aliphatic carboxylic acids is 1. The Balaban J connectivity index is 2.77. The fourth-order valence-electron chi connectivity index (χ4n) is 2.37. The Kier molecular flexibility index (Phi) is 4.82. The molecular weight excluding hydrogens is 246 g/mol. The number of rotatable bonds is 2. The van der Waals surface area contributed by atoms with Crippen molar-refractivity contribution in [1.82, 2.24) is 4.90 Å². The minimum atomic E-state index is -0.948. The van der Waals surface area contributed by atoms with E-state index in [-0.39, 0.29) is 0 Å². The third-order valence-electron chi connectivity index (χ3n) is 3.50. The first-order valence-electron chi connectivity index (χ1n) is 6.84. The predicted octanol–water partition coefficient (Wildman–Crippen LogP) is 2.74. The number of likely N-dealkylation sites (tertiary alicyclic amines) is 1. The molecule has 0 aromatic heterocycles. The maximum Gasteiger partial charge on any atom is 0.411 e. The molecule has 0 aromatic carbocycles. The summed E-state index contributed by atoms with van der Waals surface area (Å²) in [6.07, 6.45) is 0.814. The highest BCUT2D eigenvalue weighted by atomic mass is 16.6. The highest BCUT2D eigenvalue weighted by molar-refractivity contribution is 5.80. The summed E-state index contributed by atoms with van der Waals surface area (Å²) in [7, 11) is 0. The van der Waals surface area contributed by atoms with Crippen molar-refractivity contribution in [2.45, 2.75) is 59.1 Å². The van der Waals surface area contributed by atoms with Crippen molar-refractivity contribution in [2.75, 3.05) is 6.54 Å². The molecule has 5 heteroatoms. The van der Waals surface area contributed by atoms with E-state index in [1.807, 2.05) is 0 Å². The van der Waals surface area contributed by atoms with Crippen LogP contribution in [0.1, 0.15) is 47.5 Å². The summed E-state index contributed by atoms with van der Waals surface area (Å²) in [6.45, 7) is 9.97. The number of ether oxygens (including phenoxy) is 1. The monoisotopic (exact) mass is 271 g/mol. The van der Waals surface area contributed by atoms with Gasteiger partial charge in [-0.2, -0.15) is 0 Å². The van der Waals surface area contributed by atoms with Crippen molar-refractivity contribution in [3.05, 3.63) is 0 Å². The molecule has 1 aliphatic heterocycles. The average molecular weight is 271 g/mol. The molecule has 1 heterocycles. The largest absolute Gasteiger partial charge is 0.480 e. The van der Waals surface area contributed by atoms with Crippen LogP contribution in [-0.4, -0.2) is 40.3 Å². The van der Waals surface area contributed by atoms with Gasteiger partial charge in [0.15, 0.2) is 0 Å². The molecule has 2 unspecified atom stereocenters. The van der Waals surface area contributed by atoms with Gasteiger partial charge in [-0.25, -0.2) is 9.59 Å². The summed E-state index contributed by atoms with van der Waals surface area (Å²) in [5, 5.41) is 9.31. The SMILES string of the molecule is CC(C)C1CCN(C(=O)OC(C)(C)C)C(C(=O)O)C1. The van der Waals surface area contributed by atoms with Crippen molar-refractivity contribution in [3.63, 3.8) is 0 Å². The molecule has 1 saturated heterocycles. The Bertz CT molecular complexity index is 346. The first-order valence-corrected chi connectivity index (χ1v) is 6.84. The smallest absolute Gasteiger partial charge is 0.411 e. The molecule has 0 aromatic rings. The summed E-state index contributed by atoms with van der Waals surface area (Å²) in [4.78, 5) is 24.8. The van der Waals surface area contributed by atoms with Crippen LogP contribution in [0.15, 0.2) is 0 Å². The maximum absolute atomic E-state index is 12.0. The summed E-state index contributed by atoms with van der Waals surface area (Å²) in [6, 6.07) is -0.768. The van der Waals surface area contributed by atoms with Crippen LogP contribution >= 0.6 is 0 Å². The second-order valence-corrected chi connectivity index (χ2v) is 6.56. The van der Waals surface area contributed by atoms with Gasteiger partial charge < -0.3 is 9.84 Å². The van der Waals surface area contributed by atoms with E-state index in [1.165, 1.54) is 4.90 Å². The summed E-state index contributed by atoms with van der Waals surface area (Å²) in [5.74, 6) is -0.168. The zero-order chi connectivity index (χ0) is 14.8. The molecule has 110 valence electrons. The average Bonchev–Trinajstić information content (AvgIpc) is 2.25. The van der Waals surface area contributed by atoms with Crippen molar-refractivity contribution in [2.24, 2.45) is 11.8 Å². The number of piperidine rings is 1. The first-order chi connectivity index (χ1) is 8.61. The minimum Gasteiger partial charge on any atom is -0.480 e. The highest BCUT2D eigenvalue weighted by Gasteiger charge is 2.38. The molecule has 5 nitrogen and oxygen atoms in total. The van der Waals surface area contributed by atoms with Crippen molar-refractivity contribution < 1.29 is 19.4 Å². The Morgan fingerprint density at radius 2 is 1.89 bits per heavy atom. The molecule has 1 aliphatic rings. The van der Waals surface area contributed by atoms with Gasteiger partial charge in [-0.1, -0.05) is 13.8 Å². The molecular formula is C14H25NO4. The van der Waals surface area contributed by atoms with E-state index in [1.54, 1.807) is 20.8 Å². The number of carboxylic acids is 1. The van der Waals surface area contributed by atoms with E-state index in [4.69, 9.17) is 4.74 Å². The zero-order valence-corrected chi connectivity index (χ0v) is 12.5. The van der Waals surface area contributed by atoms with Gasteiger partial charge >= 0.3 is 12.1 Å². The normalized spacial score (nSPS) is 24.4. The Labute approximate surface area is 114 Å². The van der Waals surface area contributed by atoms with Crippen molar-refractivity contribution in [3.8, 4) is 0 Å². The van der Waals surface area contributed by atoms with Gasteiger partial charge in [0.25, 0.3) is 0 Å². The molecule has 0 radical (unpaired) electrons. The van der Waals surface area contributed by atoms with Crippen molar-refractivity contribution in [1.29, 1.82) is 0 Å². The number of hydrogen-bond acceptors (Lipinski definition) is 3. The first kappa shape index (κ1) is 15.8. The topological polar surface area (TPSA) is 66.8 Å². The predicted molar refractivity (Wildman–Crippen MR) is 71.9 cm³/mol. The number of hydrogen-bond donors (Lipinski definition) is 1. The van der Waals surface area contributed by atoms with Gasteiger partial charge in [-0.05, 0) is 45.4 Å². The standard InChI is InChI=1S/C14H25NO4/c1-9(2)10-6-7-15(11(8-10)12(16)17)13(18)19-14(3,4)5/h9-11H,6-8H2,1-5H3,(H,16,17). The molecule has 2 atom stereocenters. The molecule has 0 saturated carbocycles. The minimum absolute atomic E-state index is 0.347. The van der Waals surface area contributed by atoms with Crippen LogP contribution in [0.5, 0.6) is 0 Å². The van der Waals surface area contributed by atoms with Crippen LogP contribution in [0, 0.1) is 11.8 Å². The molecule has 1 N–H and O–H groups in total. The van der Waals surface area contributed by atoms with Crippen molar-refractivity contribution >= 4 is 12.1 Å². The molecule has 1 fully saturated rings. The number of carbonyl (C=O) groups is 2. The highest BCUT2D eigenvalue weighted by Crippen LogP contribution is 2.29. The quantitative estimate of drug-likeness (QED) is 0.838. The van der Waals surface area contributed by atoms with Gasteiger partial charge in [0.05, 0.1) is 0 Å². The molecule has 1 amide bonds. The number of amides is 1. The van der Waals surface area contributed by atoms with E-state index in [9.17, 15) is 14.7 Å².